The van der Waals surface area contributed by atoms with Gasteiger partial charge < -0.3 is 10.2 Å². The normalized spacial score (nSPS) is 17.6. The van der Waals surface area contributed by atoms with Crippen LogP contribution < -0.4 is 10.2 Å². The summed E-state index contributed by atoms with van der Waals surface area (Å²) in [6.07, 6.45) is 1.85. The standard InChI is InChI=1S/C18H19N5OS/c1-12-8-9-16(22-21-12)23-10-4-5-13(11-23)17(24)20-18-19-14-6-2-3-7-15(14)25-18/h2-3,6-9,13H,4-5,10-11H2,1H3,(H,19,20,24). The number of thiazole rings is 1. The first-order chi connectivity index (χ1) is 12.2. The van der Waals surface area contributed by atoms with Gasteiger partial charge in [0, 0.05) is 13.1 Å². The third-order valence-electron chi connectivity index (χ3n) is 4.42. The molecule has 1 atom stereocenters. The molecule has 1 fully saturated rings. The molecule has 1 saturated heterocycles. The molecule has 1 amide bonds. The maximum Gasteiger partial charge on any atom is 0.231 e. The molecular formula is C18H19N5OS. The Morgan fingerprint density at radius 1 is 1.24 bits per heavy atom. The lowest BCUT2D eigenvalue weighted by atomic mass is 9.97. The Balaban J connectivity index is 1.45. The quantitative estimate of drug-likeness (QED) is 0.783. The van der Waals surface area contributed by atoms with Crippen molar-refractivity contribution in [3.05, 3.63) is 42.1 Å². The number of rotatable bonds is 3. The number of aryl methyl sites for hydroxylation is 1. The highest BCUT2D eigenvalue weighted by Gasteiger charge is 2.27. The zero-order valence-corrected chi connectivity index (χ0v) is 14.8. The van der Waals surface area contributed by atoms with Crippen molar-refractivity contribution in [2.24, 2.45) is 5.92 Å². The summed E-state index contributed by atoms with van der Waals surface area (Å²) in [5, 5.41) is 12.0. The summed E-state index contributed by atoms with van der Waals surface area (Å²) in [4.78, 5) is 19.3. The summed E-state index contributed by atoms with van der Waals surface area (Å²) in [6, 6.07) is 11.8. The molecule has 0 spiro atoms. The van der Waals surface area contributed by atoms with E-state index in [0.29, 0.717) is 11.7 Å². The maximum atomic E-state index is 12.7. The second-order valence-electron chi connectivity index (χ2n) is 6.29. The highest BCUT2D eigenvalue weighted by Crippen LogP contribution is 2.27. The van der Waals surface area contributed by atoms with Gasteiger partial charge in [-0.25, -0.2) is 4.98 Å². The number of carbonyl (C=O) groups excluding carboxylic acids is 1. The van der Waals surface area contributed by atoms with Gasteiger partial charge in [-0.05, 0) is 44.0 Å². The third-order valence-corrected chi connectivity index (χ3v) is 5.38. The number of hydrogen-bond acceptors (Lipinski definition) is 6. The smallest absolute Gasteiger partial charge is 0.231 e. The molecule has 1 N–H and O–H groups in total. The Kier molecular flexibility index (Phi) is 4.31. The van der Waals surface area contributed by atoms with E-state index in [0.717, 1.165) is 41.1 Å². The molecule has 2 aromatic heterocycles. The molecule has 0 radical (unpaired) electrons. The van der Waals surface area contributed by atoms with E-state index in [9.17, 15) is 4.79 Å². The van der Waals surface area contributed by atoms with Crippen LogP contribution in [0.3, 0.4) is 0 Å². The average molecular weight is 353 g/mol. The molecular weight excluding hydrogens is 334 g/mol. The summed E-state index contributed by atoms with van der Waals surface area (Å²) < 4.78 is 1.08. The molecule has 3 aromatic rings. The van der Waals surface area contributed by atoms with E-state index in [1.54, 1.807) is 0 Å². The van der Waals surface area contributed by atoms with Crippen molar-refractivity contribution in [1.82, 2.24) is 15.2 Å². The molecule has 4 rings (SSSR count). The predicted molar refractivity (Wildman–Crippen MR) is 100.0 cm³/mol. The minimum atomic E-state index is -0.0659. The monoisotopic (exact) mass is 353 g/mol. The van der Waals surface area contributed by atoms with Gasteiger partial charge in [0.1, 0.15) is 0 Å². The Bertz CT molecular complexity index is 859. The van der Waals surface area contributed by atoms with Crippen LogP contribution in [0.4, 0.5) is 10.9 Å². The lowest BCUT2D eigenvalue weighted by molar-refractivity contribution is -0.120. The molecule has 7 heteroatoms. The zero-order valence-electron chi connectivity index (χ0n) is 14.0. The van der Waals surface area contributed by atoms with Gasteiger partial charge in [0.15, 0.2) is 10.9 Å². The Morgan fingerprint density at radius 2 is 2.12 bits per heavy atom. The molecule has 1 aromatic carbocycles. The molecule has 6 nitrogen and oxygen atoms in total. The Morgan fingerprint density at radius 3 is 2.92 bits per heavy atom. The number of hydrogen-bond donors (Lipinski definition) is 1. The lowest BCUT2D eigenvalue weighted by Gasteiger charge is -2.32. The first-order valence-electron chi connectivity index (χ1n) is 8.41. The SMILES string of the molecule is Cc1ccc(N2CCCC(C(=O)Nc3nc4ccccc4s3)C2)nn1. The fourth-order valence-corrected chi connectivity index (χ4v) is 3.96. The Hall–Kier alpha value is -2.54. The Labute approximate surface area is 149 Å². The van der Waals surface area contributed by atoms with Crippen LogP contribution in [-0.2, 0) is 4.79 Å². The number of aromatic nitrogens is 3. The highest BCUT2D eigenvalue weighted by molar-refractivity contribution is 7.22. The molecule has 1 aliphatic rings. The number of nitrogens with zero attached hydrogens (tertiary/aromatic N) is 4. The van der Waals surface area contributed by atoms with Gasteiger partial charge in [-0.3, -0.25) is 4.79 Å². The van der Waals surface area contributed by atoms with Gasteiger partial charge in [-0.2, -0.15) is 5.10 Å². The fourth-order valence-electron chi connectivity index (χ4n) is 3.09. The van der Waals surface area contributed by atoms with Crippen LogP contribution in [0.2, 0.25) is 0 Å². The number of benzene rings is 1. The second kappa shape index (κ2) is 6.76. The van der Waals surface area contributed by atoms with E-state index in [1.165, 1.54) is 11.3 Å². The van der Waals surface area contributed by atoms with E-state index in [4.69, 9.17) is 0 Å². The third kappa shape index (κ3) is 3.46. The van der Waals surface area contributed by atoms with Crippen molar-refractivity contribution < 1.29 is 4.79 Å². The molecule has 0 aliphatic carbocycles. The number of para-hydroxylation sites is 1. The summed E-state index contributed by atoms with van der Waals surface area (Å²) in [5.41, 5.74) is 1.81. The van der Waals surface area contributed by atoms with Crippen LogP contribution in [0.5, 0.6) is 0 Å². The lowest BCUT2D eigenvalue weighted by Crippen LogP contribution is -2.41. The van der Waals surface area contributed by atoms with E-state index in [1.807, 2.05) is 43.3 Å². The topological polar surface area (TPSA) is 71.0 Å². The van der Waals surface area contributed by atoms with Crippen molar-refractivity contribution in [1.29, 1.82) is 0 Å². The van der Waals surface area contributed by atoms with Gasteiger partial charge in [0.25, 0.3) is 0 Å². The number of piperidine rings is 1. The first-order valence-corrected chi connectivity index (χ1v) is 9.22. The van der Waals surface area contributed by atoms with Crippen LogP contribution >= 0.6 is 11.3 Å². The summed E-state index contributed by atoms with van der Waals surface area (Å²) in [5.74, 6) is 0.802. The van der Waals surface area contributed by atoms with Crippen LogP contribution in [0.1, 0.15) is 18.5 Å². The van der Waals surface area contributed by atoms with Crippen molar-refractivity contribution in [2.75, 3.05) is 23.3 Å². The van der Waals surface area contributed by atoms with Crippen molar-refractivity contribution in [3.63, 3.8) is 0 Å². The van der Waals surface area contributed by atoms with Gasteiger partial charge in [-0.15, -0.1) is 5.10 Å². The number of nitrogens with one attached hydrogen (secondary N) is 1. The predicted octanol–water partition coefficient (Wildman–Crippen LogP) is 3.25. The molecule has 1 unspecified atom stereocenters. The maximum absolute atomic E-state index is 12.7. The minimum absolute atomic E-state index is 0.0313. The number of fused-ring (bicyclic) bond motifs is 1. The van der Waals surface area contributed by atoms with Crippen LogP contribution in [0, 0.1) is 12.8 Å². The molecule has 0 bridgehead atoms. The molecule has 3 heterocycles. The number of carbonyl (C=O) groups is 1. The van der Waals surface area contributed by atoms with E-state index < -0.39 is 0 Å². The number of anilines is 2. The summed E-state index contributed by atoms with van der Waals surface area (Å²) in [7, 11) is 0. The highest BCUT2D eigenvalue weighted by atomic mass is 32.1. The van der Waals surface area contributed by atoms with Crippen LogP contribution in [0.25, 0.3) is 10.2 Å². The van der Waals surface area contributed by atoms with Crippen molar-refractivity contribution in [3.8, 4) is 0 Å². The van der Waals surface area contributed by atoms with Gasteiger partial charge in [0.2, 0.25) is 5.91 Å². The van der Waals surface area contributed by atoms with Gasteiger partial charge in [-0.1, -0.05) is 23.5 Å². The molecule has 0 saturated carbocycles. The fraction of sp³-hybridized carbons (Fsp3) is 0.333. The molecule has 25 heavy (non-hydrogen) atoms. The van der Waals surface area contributed by atoms with Crippen molar-refractivity contribution in [2.45, 2.75) is 19.8 Å². The first kappa shape index (κ1) is 16.0. The summed E-state index contributed by atoms with van der Waals surface area (Å²) >= 11 is 1.51. The van der Waals surface area contributed by atoms with E-state index >= 15 is 0 Å². The van der Waals surface area contributed by atoms with E-state index in [2.05, 4.69) is 25.4 Å². The number of amides is 1. The summed E-state index contributed by atoms with van der Waals surface area (Å²) in [6.45, 7) is 3.48. The van der Waals surface area contributed by atoms with Crippen LogP contribution in [-0.4, -0.2) is 34.2 Å². The molecule has 128 valence electrons. The second-order valence-corrected chi connectivity index (χ2v) is 7.32. The minimum Gasteiger partial charge on any atom is -0.354 e. The van der Waals surface area contributed by atoms with Gasteiger partial charge >= 0.3 is 0 Å². The van der Waals surface area contributed by atoms with E-state index in [-0.39, 0.29) is 11.8 Å². The van der Waals surface area contributed by atoms with Crippen molar-refractivity contribution >= 4 is 38.4 Å². The van der Waals surface area contributed by atoms with Gasteiger partial charge in [0.05, 0.1) is 21.8 Å². The zero-order chi connectivity index (χ0) is 17.2. The van der Waals surface area contributed by atoms with Crippen LogP contribution in [0.15, 0.2) is 36.4 Å². The molecule has 1 aliphatic heterocycles. The average Bonchev–Trinajstić information content (AvgIpc) is 3.04. The largest absolute Gasteiger partial charge is 0.354 e.